The first-order valence-electron chi connectivity index (χ1n) is 4.68. The van der Waals surface area contributed by atoms with Gasteiger partial charge in [-0.1, -0.05) is 0 Å². The van der Waals surface area contributed by atoms with Crippen molar-refractivity contribution in [1.82, 2.24) is 4.57 Å². The van der Waals surface area contributed by atoms with Crippen LogP contribution in [0.25, 0.3) is 0 Å². The van der Waals surface area contributed by atoms with Gasteiger partial charge in [-0.05, 0) is 6.07 Å². The van der Waals surface area contributed by atoms with Gasteiger partial charge in [-0.2, -0.15) is 13.2 Å². The minimum absolute atomic E-state index is 0.0589. The van der Waals surface area contributed by atoms with Crippen LogP contribution in [0.15, 0.2) is 18.5 Å². The first-order valence-corrected chi connectivity index (χ1v) is 6.74. The number of sulfone groups is 1. The molecule has 0 aliphatic carbocycles. The molecule has 1 heterocycles. The van der Waals surface area contributed by atoms with Crippen LogP contribution in [0.5, 0.6) is 0 Å². The van der Waals surface area contributed by atoms with Crippen LogP contribution in [0.3, 0.4) is 0 Å². The fraction of sp³-hybridized carbons (Fsp3) is 0.556. The molecule has 8 heteroatoms. The van der Waals surface area contributed by atoms with Crippen LogP contribution in [0.2, 0.25) is 0 Å². The van der Waals surface area contributed by atoms with Gasteiger partial charge < -0.3 is 9.67 Å². The van der Waals surface area contributed by atoms with Crippen molar-refractivity contribution in [2.75, 3.05) is 12.0 Å². The van der Waals surface area contributed by atoms with E-state index in [-0.39, 0.29) is 17.9 Å². The molecule has 1 rings (SSSR count). The summed E-state index contributed by atoms with van der Waals surface area (Å²) in [6, 6.07) is 1.11. The normalized spacial score (nSPS) is 14.9. The van der Waals surface area contributed by atoms with Crippen LogP contribution in [-0.4, -0.2) is 36.3 Å². The van der Waals surface area contributed by atoms with Gasteiger partial charge in [0.2, 0.25) is 0 Å². The number of rotatable bonds is 4. The lowest BCUT2D eigenvalue weighted by Gasteiger charge is -2.12. The summed E-state index contributed by atoms with van der Waals surface area (Å²) in [5, 5.41) is 8.94. The summed E-state index contributed by atoms with van der Waals surface area (Å²) >= 11 is 0. The third-order valence-corrected chi connectivity index (χ3v) is 3.04. The molecule has 0 bridgehead atoms. The topological polar surface area (TPSA) is 59.3 Å². The van der Waals surface area contributed by atoms with E-state index in [1.807, 2.05) is 0 Å². The van der Waals surface area contributed by atoms with Gasteiger partial charge in [0.1, 0.15) is 9.84 Å². The quantitative estimate of drug-likeness (QED) is 0.893. The summed E-state index contributed by atoms with van der Waals surface area (Å²) in [7, 11) is -3.17. The van der Waals surface area contributed by atoms with Crippen LogP contribution >= 0.6 is 0 Å². The largest absolute Gasteiger partial charge is 0.418 e. The molecule has 0 saturated heterocycles. The van der Waals surface area contributed by atoms with Gasteiger partial charge in [-0.25, -0.2) is 8.42 Å². The molecule has 0 saturated carbocycles. The number of aromatic nitrogens is 1. The molecule has 17 heavy (non-hydrogen) atoms. The Balaban J connectivity index is 2.72. The maximum Gasteiger partial charge on any atom is 0.418 e. The molecule has 0 amide bonds. The lowest BCUT2D eigenvalue weighted by Crippen LogP contribution is -2.19. The van der Waals surface area contributed by atoms with Crippen molar-refractivity contribution in [3.8, 4) is 0 Å². The number of aliphatic hydroxyl groups is 1. The van der Waals surface area contributed by atoms with Crippen molar-refractivity contribution >= 4 is 9.84 Å². The molecule has 4 nitrogen and oxygen atoms in total. The van der Waals surface area contributed by atoms with E-state index in [0.717, 1.165) is 18.5 Å². The Morgan fingerprint density at radius 2 is 2.06 bits per heavy atom. The van der Waals surface area contributed by atoms with Gasteiger partial charge in [0, 0.05) is 30.8 Å². The molecular weight excluding hydrogens is 259 g/mol. The maximum absolute atomic E-state index is 12.2. The van der Waals surface area contributed by atoms with Gasteiger partial charge in [-0.15, -0.1) is 0 Å². The number of hydrogen-bond acceptors (Lipinski definition) is 3. The van der Waals surface area contributed by atoms with E-state index in [4.69, 9.17) is 5.11 Å². The van der Waals surface area contributed by atoms with E-state index >= 15 is 0 Å². The van der Waals surface area contributed by atoms with Gasteiger partial charge in [-0.3, -0.25) is 0 Å². The highest BCUT2D eigenvalue weighted by atomic mass is 32.2. The van der Waals surface area contributed by atoms with Crippen molar-refractivity contribution < 1.29 is 26.7 Å². The zero-order valence-electron chi connectivity index (χ0n) is 8.98. The second-order valence-corrected chi connectivity index (χ2v) is 6.02. The number of aryl methyl sites for hydroxylation is 1. The van der Waals surface area contributed by atoms with E-state index in [1.165, 1.54) is 10.8 Å². The first kappa shape index (κ1) is 14.0. The van der Waals surface area contributed by atoms with Crippen LogP contribution < -0.4 is 0 Å². The van der Waals surface area contributed by atoms with Gasteiger partial charge >= 0.3 is 6.18 Å². The first-order chi connectivity index (χ1) is 7.59. The Kier molecular flexibility index (Phi) is 3.88. The van der Waals surface area contributed by atoms with Crippen molar-refractivity contribution in [2.45, 2.75) is 18.8 Å². The maximum atomic E-state index is 12.2. The Morgan fingerprint density at radius 3 is 2.53 bits per heavy atom. The van der Waals surface area contributed by atoms with E-state index in [2.05, 4.69) is 0 Å². The summed E-state index contributed by atoms with van der Waals surface area (Å²) in [5.74, 6) is -0.163. The predicted molar refractivity (Wildman–Crippen MR) is 55.2 cm³/mol. The Hall–Kier alpha value is -1.02. The summed E-state index contributed by atoms with van der Waals surface area (Å²) < 4.78 is 59.5. The lowest BCUT2D eigenvalue weighted by molar-refractivity contribution is -0.206. The molecule has 1 unspecified atom stereocenters. The molecule has 0 aliphatic rings. The highest BCUT2D eigenvalue weighted by molar-refractivity contribution is 7.90. The zero-order valence-corrected chi connectivity index (χ0v) is 9.79. The summed E-state index contributed by atoms with van der Waals surface area (Å²) in [6.45, 7) is 0.0589. The average molecular weight is 271 g/mol. The number of nitrogens with zero attached hydrogens (tertiary/aromatic N) is 1. The fourth-order valence-electron chi connectivity index (χ4n) is 1.22. The van der Waals surface area contributed by atoms with E-state index < -0.39 is 22.1 Å². The smallest absolute Gasteiger partial charge is 0.379 e. The van der Waals surface area contributed by atoms with Crippen molar-refractivity contribution in [1.29, 1.82) is 0 Å². The molecule has 1 N–H and O–H groups in total. The highest BCUT2D eigenvalue weighted by Gasteiger charge is 2.39. The number of alkyl halides is 3. The number of hydrogen-bond donors (Lipinski definition) is 1. The number of halogens is 3. The highest BCUT2D eigenvalue weighted by Crippen LogP contribution is 2.32. The second-order valence-electron chi connectivity index (χ2n) is 3.76. The molecule has 1 atom stereocenters. The summed E-state index contributed by atoms with van der Waals surface area (Å²) in [4.78, 5) is 0. The molecule has 1 aromatic rings. The Morgan fingerprint density at radius 1 is 1.47 bits per heavy atom. The minimum Gasteiger partial charge on any atom is -0.379 e. The lowest BCUT2D eigenvalue weighted by atomic mass is 10.2. The summed E-state index contributed by atoms with van der Waals surface area (Å²) in [5.41, 5.74) is -0.300. The van der Waals surface area contributed by atoms with Crippen molar-refractivity contribution in [2.24, 2.45) is 0 Å². The molecular formula is C9H12F3NO3S. The molecule has 0 radical (unpaired) electrons. The van der Waals surface area contributed by atoms with E-state index in [0.29, 0.717) is 0 Å². The minimum atomic E-state index is -4.72. The van der Waals surface area contributed by atoms with E-state index in [1.54, 1.807) is 0 Å². The summed E-state index contributed by atoms with van der Waals surface area (Å²) in [6.07, 6.45) is -3.83. The second kappa shape index (κ2) is 4.69. The standard InChI is InChI=1S/C9H12F3NO3S/c1-17(15,16)5-4-13-3-2-7(6-13)8(14)9(10,11)12/h2-3,6,8,14H,4-5H2,1H3. The third kappa shape index (κ3) is 4.39. The number of aliphatic hydroxyl groups excluding tert-OH is 1. The van der Waals surface area contributed by atoms with Crippen LogP contribution in [0, 0.1) is 0 Å². The zero-order chi connectivity index (χ0) is 13.3. The van der Waals surface area contributed by atoms with Crippen molar-refractivity contribution in [3.63, 3.8) is 0 Å². The fourth-order valence-corrected chi connectivity index (χ4v) is 1.76. The monoisotopic (exact) mass is 271 g/mol. The van der Waals surface area contributed by atoms with Gasteiger partial charge in [0.15, 0.2) is 6.10 Å². The van der Waals surface area contributed by atoms with Crippen LogP contribution in [-0.2, 0) is 16.4 Å². The Labute approximate surface area is 96.6 Å². The third-order valence-electron chi connectivity index (χ3n) is 2.12. The molecule has 0 fully saturated rings. The van der Waals surface area contributed by atoms with Gasteiger partial charge in [0.05, 0.1) is 5.75 Å². The average Bonchev–Trinajstić information content (AvgIpc) is 2.59. The molecule has 0 spiro atoms. The van der Waals surface area contributed by atoms with Crippen molar-refractivity contribution in [3.05, 3.63) is 24.0 Å². The van der Waals surface area contributed by atoms with Gasteiger partial charge in [0.25, 0.3) is 0 Å². The SMILES string of the molecule is CS(=O)(=O)CCn1ccc(C(O)C(F)(F)F)c1. The van der Waals surface area contributed by atoms with Crippen LogP contribution in [0.4, 0.5) is 13.2 Å². The molecule has 0 aromatic carbocycles. The molecule has 98 valence electrons. The molecule has 1 aromatic heterocycles. The predicted octanol–water partition coefficient (Wildman–Crippen LogP) is 1.13. The molecule has 0 aliphatic heterocycles. The Bertz CT molecular complexity index is 478. The van der Waals surface area contributed by atoms with Crippen LogP contribution in [0.1, 0.15) is 11.7 Å². The van der Waals surface area contributed by atoms with E-state index in [9.17, 15) is 21.6 Å².